The van der Waals surface area contributed by atoms with E-state index in [4.69, 9.17) is 4.98 Å². The molecule has 1 unspecified atom stereocenters. The standard InChI is InChI=1S/C20H24N2/c1-4-15(3)17-12-10-16(11-13-17)14-22-19-9-7-6-8-18(19)21-20(22)5-2/h6-13,15H,4-5,14H2,1-3H3. The zero-order chi connectivity index (χ0) is 15.5. The number of hydrogen-bond acceptors (Lipinski definition) is 1. The van der Waals surface area contributed by atoms with Crippen molar-refractivity contribution < 1.29 is 0 Å². The van der Waals surface area contributed by atoms with Crippen LogP contribution in [0.4, 0.5) is 0 Å². The number of rotatable bonds is 5. The molecule has 0 aliphatic heterocycles. The van der Waals surface area contributed by atoms with Crippen molar-refractivity contribution in [3.8, 4) is 0 Å². The van der Waals surface area contributed by atoms with Gasteiger partial charge >= 0.3 is 0 Å². The molecule has 0 fully saturated rings. The summed E-state index contributed by atoms with van der Waals surface area (Å²) in [5.74, 6) is 1.79. The number of para-hydroxylation sites is 2. The fourth-order valence-corrected chi connectivity index (χ4v) is 2.94. The molecule has 0 aliphatic carbocycles. The van der Waals surface area contributed by atoms with Crippen molar-refractivity contribution in [1.82, 2.24) is 9.55 Å². The van der Waals surface area contributed by atoms with E-state index in [1.807, 2.05) is 0 Å². The highest BCUT2D eigenvalue weighted by molar-refractivity contribution is 5.76. The Bertz CT molecular complexity index is 753. The fourth-order valence-electron chi connectivity index (χ4n) is 2.94. The van der Waals surface area contributed by atoms with Crippen molar-refractivity contribution in [2.24, 2.45) is 0 Å². The van der Waals surface area contributed by atoms with E-state index in [0.29, 0.717) is 5.92 Å². The molecule has 0 radical (unpaired) electrons. The van der Waals surface area contributed by atoms with Crippen LogP contribution in [0.15, 0.2) is 48.5 Å². The van der Waals surface area contributed by atoms with Gasteiger partial charge in [-0.25, -0.2) is 4.98 Å². The molecule has 22 heavy (non-hydrogen) atoms. The van der Waals surface area contributed by atoms with Crippen molar-refractivity contribution in [3.05, 3.63) is 65.5 Å². The van der Waals surface area contributed by atoms with E-state index in [-0.39, 0.29) is 0 Å². The highest BCUT2D eigenvalue weighted by Gasteiger charge is 2.09. The predicted molar refractivity (Wildman–Crippen MR) is 93.4 cm³/mol. The van der Waals surface area contributed by atoms with Crippen LogP contribution < -0.4 is 0 Å². The van der Waals surface area contributed by atoms with Gasteiger partial charge in [-0.2, -0.15) is 0 Å². The highest BCUT2D eigenvalue weighted by Crippen LogP contribution is 2.21. The number of fused-ring (bicyclic) bond motifs is 1. The number of nitrogens with zero attached hydrogens (tertiary/aromatic N) is 2. The molecule has 1 aromatic heterocycles. The maximum absolute atomic E-state index is 4.75. The summed E-state index contributed by atoms with van der Waals surface area (Å²) in [6, 6.07) is 17.5. The molecule has 0 N–H and O–H groups in total. The van der Waals surface area contributed by atoms with E-state index in [1.165, 1.54) is 23.1 Å². The van der Waals surface area contributed by atoms with Crippen molar-refractivity contribution >= 4 is 11.0 Å². The molecule has 1 heterocycles. The van der Waals surface area contributed by atoms with Crippen LogP contribution in [0, 0.1) is 0 Å². The Morgan fingerprint density at radius 2 is 1.73 bits per heavy atom. The smallest absolute Gasteiger partial charge is 0.109 e. The van der Waals surface area contributed by atoms with Gasteiger partial charge in [0.15, 0.2) is 0 Å². The quantitative estimate of drug-likeness (QED) is 0.635. The van der Waals surface area contributed by atoms with Crippen LogP contribution >= 0.6 is 0 Å². The van der Waals surface area contributed by atoms with Crippen LogP contribution in [0.5, 0.6) is 0 Å². The predicted octanol–water partition coefficient (Wildman–Crippen LogP) is 5.16. The summed E-state index contributed by atoms with van der Waals surface area (Å²) in [6.07, 6.45) is 2.14. The van der Waals surface area contributed by atoms with Gasteiger partial charge in [-0.15, -0.1) is 0 Å². The summed E-state index contributed by atoms with van der Waals surface area (Å²) < 4.78 is 2.34. The van der Waals surface area contributed by atoms with Gasteiger partial charge in [0.25, 0.3) is 0 Å². The molecule has 3 rings (SSSR count). The van der Waals surface area contributed by atoms with Gasteiger partial charge in [0, 0.05) is 13.0 Å². The summed E-state index contributed by atoms with van der Waals surface area (Å²) in [7, 11) is 0. The topological polar surface area (TPSA) is 17.8 Å². The van der Waals surface area contributed by atoms with Gasteiger partial charge < -0.3 is 4.57 Å². The maximum Gasteiger partial charge on any atom is 0.109 e. The van der Waals surface area contributed by atoms with Gasteiger partial charge in [0.1, 0.15) is 5.82 Å². The lowest BCUT2D eigenvalue weighted by Gasteiger charge is -2.12. The molecular formula is C20H24N2. The molecule has 0 bridgehead atoms. The highest BCUT2D eigenvalue weighted by atomic mass is 15.1. The Balaban J connectivity index is 1.92. The average Bonchev–Trinajstić information content (AvgIpc) is 2.93. The third-order valence-corrected chi connectivity index (χ3v) is 4.55. The molecule has 2 aromatic carbocycles. The fraction of sp³-hybridized carbons (Fsp3) is 0.350. The molecule has 2 nitrogen and oxygen atoms in total. The second-order valence-electron chi connectivity index (χ2n) is 6.01. The van der Waals surface area contributed by atoms with E-state index >= 15 is 0 Å². The van der Waals surface area contributed by atoms with Crippen LogP contribution in [0.25, 0.3) is 11.0 Å². The van der Waals surface area contributed by atoms with Gasteiger partial charge in [-0.1, -0.05) is 57.2 Å². The third kappa shape index (κ3) is 2.78. The van der Waals surface area contributed by atoms with Crippen LogP contribution in [-0.2, 0) is 13.0 Å². The molecular weight excluding hydrogens is 268 g/mol. The SMILES string of the molecule is CCc1nc2ccccc2n1Cc1ccc(C(C)CC)cc1. The number of aryl methyl sites for hydroxylation is 1. The Labute approximate surface area is 132 Å². The van der Waals surface area contributed by atoms with Gasteiger partial charge in [-0.3, -0.25) is 0 Å². The van der Waals surface area contributed by atoms with Gasteiger partial charge in [0.05, 0.1) is 11.0 Å². The van der Waals surface area contributed by atoms with Crippen molar-refractivity contribution in [2.45, 2.75) is 46.1 Å². The van der Waals surface area contributed by atoms with Crippen LogP contribution in [-0.4, -0.2) is 9.55 Å². The Kier molecular flexibility index (Phi) is 4.28. The molecule has 3 aromatic rings. The molecule has 2 heteroatoms. The minimum atomic E-state index is 0.634. The largest absolute Gasteiger partial charge is 0.323 e. The van der Waals surface area contributed by atoms with E-state index in [1.54, 1.807) is 0 Å². The zero-order valence-corrected chi connectivity index (χ0v) is 13.7. The van der Waals surface area contributed by atoms with Gasteiger partial charge in [0.2, 0.25) is 0 Å². The lowest BCUT2D eigenvalue weighted by molar-refractivity contribution is 0.728. The first-order valence-electron chi connectivity index (χ1n) is 8.25. The molecule has 0 spiro atoms. The summed E-state index contributed by atoms with van der Waals surface area (Å²) >= 11 is 0. The van der Waals surface area contributed by atoms with Gasteiger partial charge in [-0.05, 0) is 35.6 Å². The number of imidazole rings is 1. The molecule has 114 valence electrons. The van der Waals surface area contributed by atoms with E-state index in [9.17, 15) is 0 Å². The molecule has 0 amide bonds. The summed E-state index contributed by atoms with van der Waals surface area (Å²) in [5, 5.41) is 0. The van der Waals surface area contributed by atoms with Crippen LogP contribution in [0.2, 0.25) is 0 Å². The average molecular weight is 292 g/mol. The molecule has 1 atom stereocenters. The monoisotopic (exact) mass is 292 g/mol. The first-order chi connectivity index (χ1) is 10.7. The molecule has 0 saturated carbocycles. The van der Waals surface area contributed by atoms with Crippen LogP contribution in [0.1, 0.15) is 50.1 Å². The second kappa shape index (κ2) is 6.35. The lowest BCUT2D eigenvalue weighted by atomic mass is 9.98. The van der Waals surface area contributed by atoms with Crippen molar-refractivity contribution in [3.63, 3.8) is 0 Å². The Morgan fingerprint density at radius 3 is 2.41 bits per heavy atom. The lowest BCUT2D eigenvalue weighted by Crippen LogP contribution is -2.04. The van der Waals surface area contributed by atoms with Crippen LogP contribution in [0.3, 0.4) is 0 Å². The van der Waals surface area contributed by atoms with E-state index in [2.05, 4.69) is 73.9 Å². The first kappa shape index (κ1) is 14.8. The number of hydrogen-bond donors (Lipinski definition) is 0. The molecule has 0 aliphatic rings. The summed E-state index contributed by atoms with van der Waals surface area (Å²) in [6.45, 7) is 7.59. The first-order valence-corrected chi connectivity index (χ1v) is 8.25. The Morgan fingerprint density at radius 1 is 1.00 bits per heavy atom. The maximum atomic E-state index is 4.75. The molecule has 0 saturated heterocycles. The van der Waals surface area contributed by atoms with Crippen molar-refractivity contribution in [2.75, 3.05) is 0 Å². The van der Waals surface area contributed by atoms with E-state index < -0.39 is 0 Å². The summed E-state index contributed by atoms with van der Waals surface area (Å²) in [4.78, 5) is 4.75. The minimum Gasteiger partial charge on any atom is -0.323 e. The van der Waals surface area contributed by atoms with E-state index in [0.717, 1.165) is 24.3 Å². The Hall–Kier alpha value is -2.09. The van der Waals surface area contributed by atoms with Crippen molar-refractivity contribution in [1.29, 1.82) is 0 Å². The zero-order valence-electron chi connectivity index (χ0n) is 13.7. The minimum absolute atomic E-state index is 0.634. The third-order valence-electron chi connectivity index (χ3n) is 4.55. The number of aromatic nitrogens is 2. The summed E-state index contributed by atoms with van der Waals surface area (Å²) in [5.41, 5.74) is 5.09. The normalized spacial score (nSPS) is 12.7. The number of benzene rings is 2. The second-order valence-corrected chi connectivity index (χ2v) is 6.01.